The van der Waals surface area contributed by atoms with E-state index >= 15 is 0 Å². The number of aromatic nitrogens is 2. The van der Waals surface area contributed by atoms with Gasteiger partial charge in [-0.25, -0.2) is 4.98 Å². The number of hydrogen-bond donors (Lipinski definition) is 0. The molecule has 0 fully saturated rings. The molecule has 164 valence electrons. The molecule has 1 amide bonds. The summed E-state index contributed by atoms with van der Waals surface area (Å²) in [6.45, 7) is 0.702. The third kappa shape index (κ3) is 4.89. The maximum Gasteiger partial charge on any atom is 0.246 e. The van der Waals surface area contributed by atoms with E-state index in [9.17, 15) is 4.79 Å². The van der Waals surface area contributed by atoms with Gasteiger partial charge in [-0.15, -0.1) is 0 Å². The van der Waals surface area contributed by atoms with Crippen LogP contribution < -0.4 is 14.4 Å². The molecule has 0 aliphatic heterocycles. The molecular formula is C25H25N3O3S. The minimum absolute atomic E-state index is 0.00789. The summed E-state index contributed by atoms with van der Waals surface area (Å²) in [6.07, 6.45) is 0. The van der Waals surface area contributed by atoms with Gasteiger partial charge in [-0.1, -0.05) is 54.2 Å². The van der Waals surface area contributed by atoms with E-state index < -0.39 is 0 Å². The second kappa shape index (κ2) is 10.2. The maximum atomic E-state index is 13.0. The number of benzene rings is 3. The van der Waals surface area contributed by atoms with Crippen molar-refractivity contribution in [2.45, 2.75) is 11.7 Å². The lowest BCUT2D eigenvalue weighted by molar-refractivity contribution is -0.118. The van der Waals surface area contributed by atoms with Crippen molar-refractivity contribution in [1.82, 2.24) is 9.55 Å². The fraction of sp³-hybridized carbons (Fsp3) is 0.200. The zero-order valence-corrected chi connectivity index (χ0v) is 18.9. The lowest BCUT2D eigenvalue weighted by Crippen LogP contribution is -2.30. The second-order valence-corrected chi connectivity index (χ2v) is 8.17. The number of carbonyl (C=O) groups excluding carboxylic acids is 1. The summed E-state index contributed by atoms with van der Waals surface area (Å²) < 4.78 is 13.2. The Bertz CT molecular complexity index is 1190. The third-order valence-electron chi connectivity index (χ3n) is 5.07. The number of rotatable bonds is 9. The predicted octanol–water partition coefficient (Wildman–Crippen LogP) is 4.88. The van der Waals surface area contributed by atoms with E-state index in [4.69, 9.17) is 14.5 Å². The van der Waals surface area contributed by atoms with Crippen LogP contribution in [-0.4, -0.2) is 42.0 Å². The lowest BCUT2D eigenvalue weighted by atomic mass is 10.3. The van der Waals surface area contributed by atoms with Gasteiger partial charge in [-0.2, -0.15) is 0 Å². The first-order valence-corrected chi connectivity index (χ1v) is 11.3. The number of ether oxygens (including phenoxy) is 2. The summed E-state index contributed by atoms with van der Waals surface area (Å²) in [5.41, 5.74) is 2.67. The highest BCUT2D eigenvalue weighted by Gasteiger charge is 2.17. The molecule has 0 aliphatic rings. The van der Waals surface area contributed by atoms with Crippen LogP contribution >= 0.6 is 11.8 Å². The minimum Gasteiger partial charge on any atom is -0.493 e. The zero-order chi connectivity index (χ0) is 22.3. The van der Waals surface area contributed by atoms with Crippen molar-refractivity contribution in [2.24, 2.45) is 0 Å². The van der Waals surface area contributed by atoms with Crippen LogP contribution in [0.25, 0.3) is 11.0 Å². The molecule has 7 heteroatoms. The fourth-order valence-corrected chi connectivity index (χ4v) is 4.21. The largest absolute Gasteiger partial charge is 0.493 e. The van der Waals surface area contributed by atoms with E-state index in [0.29, 0.717) is 23.9 Å². The summed E-state index contributed by atoms with van der Waals surface area (Å²) in [7, 11) is 3.42. The normalized spacial score (nSPS) is 10.8. The Labute approximate surface area is 191 Å². The van der Waals surface area contributed by atoms with Crippen molar-refractivity contribution >= 4 is 34.4 Å². The first-order chi connectivity index (χ1) is 15.7. The Morgan fingerprint density at radius 1 is 0.969 bits per heavy atom. The Balaban J connectivity index is 1.47. The van der Waals surface area contributed by atoms with Crippen LogP contribution in [0.4, 0.5) is 5.69 Å². The van der Waals surface area contributed by atoms with E-state index in [2.05, 4.69) is 0 Å². The highest BCUT2D eigenvalue weighted by Crippen LogP contribution is 2.28. The number of carbonyl (C=O) groups is 1. The number of para-hydroxylation sites is 5. The van der Waals surface area contributed by atoms with Crippen LogP contribution in [0.3, 0.4) is 0 Å². The van der Waals surface area contributed by atoms with Crippen molar-refractivity contribution in [1.29, 1.82) is 0 Å². The van der Waals surface area contributed by atoms with Crippen molar-refractivity contribution in [3.8, 4) is 11.5 Å². The smallest absolute Gasteiger partial charge is 0.246 e. The van der Waals surface area contributed by atoms with Gasteiger partial charge >= 0.3 is 0 Å². The molecule has 0 saturated carbocycles. The highest BCUT2D eigenvalue weighted by atomic mass is 32.2. The van der Waals surface area contributed by atoms with E-state index in [1.165, 1.54) is 0 Å². The van der Waals surface area contributed by atoms with Gasteiger partial charge < -0.3 is 18.9 Å². The van der Waals surface area contributed by atoms with E-state index in [1.807, 2.05) is 83.4 Å². The molecule has 0 spiro atoms. The first kappa shape index (κ1) is 21.8. The van der Waals surface area contributed by atoms with Crippen LogP contribution in [0.5, 0.6) is 11.5 Å². The zero-order valence-electron chi connectivity index (χ0n) is 18.1. The van der Waals surface area contributed by atoms with Gasteiger partial charge in [0, 0.05) is 18.5 Å². The van der Waals surface area contributed by atoms with Crippen LogP contribution in [-0.2, 0) is 11.3 Å². The number of hydrogen-bond acceptors (Lipinski definition) is 5. The average molecular weight is 448 g/mol. The topological polar surface area (TPSA) is 56.6 Å². The quantitative estimate of drug-likeness (QED) is 0.270. The number of methoxy groups -OCH3 is 1. The molecule has 4 aromatic rings. The van der Waals surface area contributed by atoms with Gasteiger partial charge in [0.2, 0.25) is 5.91 Å². The molecular weight excluding hydrogens is 422 g/mol. The van der Waals surface area contributed by atoms with Gasteiger partial charge in [0.05, 0.1) is 24.8 Å². The molecule has 0 N–H and O–H groups in total. The molecule has 1 heterocycles. The van der Waals surface area contributed by atoms with Gasteiger partial charge in [0.1, 0.15) is 6.54 Å². The van der Waals surface area contributed by atoms with Crippen molar-refractivity contribution in [3.05, 3.63) is 78.9 Å². The number of imidazole rings is 1. The number of fused-ring (bicyclic) bond motifs is 1. The number of thioether (sulfide) groups is 1. The van der Waals surface area contributed by atoms with E-state index in [0.717, 1.165) is 21.9 Å². The molecule has 1 aromatic heterocycles. The molecule has 0 bridgehead atoms. The maximum absolute atomic E-state index is 13.0. The Morgan fingerprint density at radius 2 is 1.66 bits per heavy atom. The van der Waals surface area contributed by atoms with Crippen molar-refractivity contribution in [3.63, 3.8) is 0 Å². The fourth-order valence-electron chi connectivity index (χ4n) is 3.38. The Morgan fingerprint density at radius 3 is 2.44 bits per heavy atom. The number of anilines is 1. The summed E-state index contributed by atoms with van der Waals surface area (Å²) in [4.78, 5) is 19.4. The second-order valence-electron chi connectivity index (χ2n) is 7.11. The molecule has 3 aromatic carbocycles. The van der Waals surface area contributed by atoms with E-state index in [-0.39, 0.29) is 12.5 Å². The minimum atomic E-state index is -0.00789. The molecule has 0 saturated heterocycles. The van der Waals surface area contributed by atoms with Gasteiger partial charge in [-0.05, 0) is 36.4 Å². The number of likely N-dealkylation sites (N-methyl/N-ethyl adjacent to an activating group) is 1. The average Bonchev–Trinajstić information content (AvgIpc) is 3.19. The summed E-state index contributed by atoms with van der Waals surface area (Å²) in [6, 6.07) is 25.1. The molecule has 0 radical (unpaired) electrons. The van der Waals surface area contributed by atoms with Crippen LogP contribution in [0.1, 0.15) is 0 Å². The van der Waals surface area contributed by atoms with Gasteiger partial charge in [0.25, 0.3) is 0 Å². The number of amides is 1. The van der Waals surface area contributed by atoms with Crippen LogP contribution in [0.15, 0.2) is 84.0 Å². The third-order valence-corrected chi connectivity index (χ3v) is 6.01. The van der Waals surface area contributed by atoms with Crippen molar-refractivity contribution < 1.29 is 14.3 Å². The molecule has 32 heavy (non-hydrogen) atoms. The lowest BCUT2D eigenvalue weighted by Gasteiger charge is -2.18. The Kier molecular flexibility index (Phi) is 6.97. The monoisotopic (exact) mass is 447 g/mol. The summed E-state index contributed by atoms with van der Waals surface area (Å²) in [5, 5.41) is 0.796. The summed E-state index contributed by atoms with van der Waals surface area (Å²) >= 11 is 1.57. The molecule has 4 rings (SSSR count). The molecule has 0 aliphatic carbocycles. The van der Waals surface area contributed by atoms with Crippen LogP contribution in [0.2, 0.25) is 0 Å². The predicted molar refractivity (Wildman–Crippen MR) is 129 cm³/mol. The van der Waals surface area contributed by atoms with Crippen LogP contribution in [0, 0.1) is 0 Å². The molecule has 0 unspecified atom stereocenters. The summed E-state index contributed by atoms with van der Waals surface area (Å²) in [5.74, 6) is 2.10. The van der Waals surface area contributed by atoms with E-state index in [1.54, 1.807) is 30.8 Å². The van der Waals surface area contributed by atoms with Gasteiger partial charge in [-0.3, -0.25) is 4.79 Å². The first-order valence-electron chi connectivity index (χ1n) is 10.3. The molecule has 0 atom stereocenters. The Hall–Kier alpha value is -3.45. The van der Waals surface area contributed by atoms with Crippen molar-refractivity contribution in [2.75, 3.05) is 31.4 Å². The number of nitrogens with zero attached hydrogens (tertiary/aromatic N) is 3. The van der Waals surface area contributed by atoms with Gasteiger partial charge in [0.15, 0.2) is 16.7 Å². The molecule has 6 nitrogen and oxygen atoms in total. The standard InChI is InChI=1S/C25H25N3O3S/c1-27(19-10-4-3-5-11-19)24(29)18-28-21-13-7-6-12-20(21)26-25(28)32-17-16-31-23-15-9-8-14-22(23)30-2/h3-15H,16-18H2,1-2H3. The SMILES string of the molecule is COc1ccccc1OCCSc1nc2ccccc2n1CC(=O)N(C)c1ccccc1. The highest BCUT2D eigenvalue weighted by molar-refractivity contribution is 7.99.